The van der Waals surface area contributed by atoms with E-state index in [0.717, 1.165) is 23.9 Å². The van der Waals surface area contributed by atoms with E-state index in [9.17, 15) is 29.5 Å². The molecule has 0 bridgehead atoms. The lowest BCUT2D eigenvalue weighted by Gasteiger charge is -2.17. The molecule has 0 amide bonds. The zero-order valence-corrected chi connectivity index (χ0v) is 10.8. The number of nitro benzene ring substituents is 1. The number of hydrogen-bond acceptors (Lipinski definition) is 6. The van der Waals surface area contributed by atoms with Crippen molar-refractivity contribution < 1.29 is 24.3 Å². The number of benzene rings is 1. The summed E-state index contributed by atoms with van der Waals surface area (Å²) in [5, 5.41) is 29.7. The molecule has 1 aromatic carbocycles. The zero-order chi connectivity index (χ0) is 14.6. The maximum Gasteiger partial charge on any atom is 0.305 e. The van der Waals surface area contributed by atoms with Gasteiger partial charge in [0, 0.05) is 24.3 Å². The second-order valence-electron chi connectivity index (χ2n) is 3.75. The molecular weight excluding hydrogens is 277 g/mol. The lowest BCUT2D eigenvalue weighted by atomic mass is 10.0. The molecule has 0 radical (unpaired) electrons. The number of aliphatic hydroxyl groups is 2. The molecule has 0 aromatic heterocycles. The number of aliphatic hydroxyl groups excluding tert-OH is 2. The smallest absolute Gasteiger partial charge is 0.305 e. The SMILES string of the molecule is CC(=O)SCC(O)C(O)c1cccc([N+](=O)[O-])c1F. The van der Waals surface area contributed by atoms with Gasteiger partial charge in [-0.05, 0) is 0 Å². The van der Waals surface area contributed by atoms with Crippen molar-refractivity contribution >= 4 is 22.6 Å². The fourth-order valence-electron chi connectivity index (χ4n) is 1.41. The molecule has 8 heteroatoms. The summed E-state index contributed by atoms with van der Waals surface area (Å²) in [6, 6.07) is 3.32. The number of halogens is 1. The van der Waals surface area contributed by atoms with Crippen LogP contribution in [-0.4, -0.2) is 32.1 Å². The summed E-state index contributed by atoms with van der Waals surface area (Å²) >= 11 is 0.773. The highest BCUT2D eigenvalue weighted by molar-refractivity contribution is 8.13. The molecule has 6 nitrogen and oxygen atoms in total. The Bertz CT molecular complexity index is 496. The largest absolute Gasteiger partial charge is 0.389 e. The molecule has 0 aliphatic heterocycles. The summed E-state index contributed by atoms with van der Waals surface area (Å²) in [6.07, 6.45) is -3.03. The number of hydrogen-bond donors (Lipinski definition) is 2. The second kappa shape index (κ2) is 6.60. The van der Waals surface area contributed by atoms with Crippen LogP contribution in [0.25, 0.3) is 0 Å². The van der Waals surface area contributed by atoms with Crippen molar-refractivity contribution in [3.8, 4) is 0 Å². The van der Waals surface area contributed by atoms with Crippen molar-refractivity contribution in [3.63, 3.8) is 0 Å². The molecule has 2 atom stereocenters. The fraction of sp³-hybridized carbons (Fsp3) is 0.364. The van der Waals surface area contributed by atoms with Crippen LogP contribution < -0.4 is 0 Å². The van der Waals surface area contributed by atoms with Gasteiger partial charge in [-0.2, -0.15) is 4.39 Å². The first kappa shape index (κ1) is 15.5. The van der Waals surface area contributed by atoms with Gasteiger partial charge in [-0.15, -0.1) is 0 Å². The summed E-state index contributed by atoms with van der Waals surface area (Å²) in [6.45, 7) is 1.29. The first-order valence-electron chi connectivity index (χ1n) is 5.27. The number of carbonyl (C=O) groups is 1. The third-order valence-electron chi connectivity index (χ3n) is 2.35. The predicted molar refractivity (Wildman–Crippen MR) is 67.2 cm³/mol. The first-order chi connectivity index (χ1) is 8.84. The van der Waals surface area contributed by atoms with Crippen molar-refractivity contribution in [2.45, 2.75) is 19.1 Å². The molecule has 0 heterocycles. The monoisotopic (exact) mass is 289 g/mol. The third-order valence-corrected chi connectivity index (χ3v) is 3.26. The van der Waals surface area contributed by atoms with Gasteiger partial charge in [-0.25, -0.2) is 0 Å². The summed E-state index contributed by atoms with van der Waals surface area (Å²) in [7, 11) is 0. The molecule has 0 spiro atoms. The highest BCUT2D eigenvalue weighted by Gasteiger charge is 2.26. The number of nitrogens with zero attached hydrogens (tertiary/aromatic N) is 1. The minimum Gasteiger partial charge on any atom is -0.389 e. The fourth-order valence-corrected chi connectivity index (χ4v) is 2.00. The number of carbonyl (C=O) groups excluding carboxylic acids is 1. The third kappa shape index (κ3) is 3.98. The van der Waals surface area contributed by atoms with E-state index in [4.69, 9.17) is 0 Å². The van der Waals surface area contributed by atoms with E-state index >= 15 is 0 Å². The van der Waals surface area contributed by atoms with Crippen LogP contribution in [-0.2, 0) is 4.79 Å². The maximum absolute atomic E-state index is 13.7. The molecule has 0 aliphatic rings. The van der Waals surface area contributed by atoms with Gasteiger partial charge in [0.1, 0.15) is 6.10 Å². The Kier molecular flexibility index (Phi) is 5.40. The molecule has 2 N–H and O–H groups in total. The van der Waals surface area contributed by atoms with Crippen LogP contribution in [0.1, 0.15) is 18.6 Å². The summed E-state index contributed by atoms with van der Waals surface area (Å²) in [4.78, 5) is 20.4. The van der Waals surface area contributed by atoms with Gasteiger partial charge in [0.15, 0.2) is 5.12 Å². The Morgan fingerprint density at radius 3 is 2.68 bits per heavy atom. The Morgan fingerprint density at radius 1 is 1.53 bits per heavy atom. The highest BCUT2D eigenvalue weighted by atomic mass is 32.2. The quantitative estimate of drug-likeness (QED) is 0.628. The average Bonchev–Trinajstić information content (AvgIpc) is 2.34. The molecule has 2 unspecified atom stereocenters. The molecule has 1 aromatic rings. The minimum atomic E-state index is -1.63. The normalized spacial score (nSPS) is 13.9. The van der Waals surface area contributed by atoms with Crippen molar-refractivity contribution in [1.82, 2.24) is 0 Å². The number of rotatable bonds is 5. The Labute approximate surface area is 112 Å². The minimum absolute atomic E-state index is 0.126. The van der Waals surface area contributed by atoms with Crippen molar-refractivity contribution in [3.05, 3.63) is 39.7 Å². The Morgan fingerprint density at radius 2 is 2.16 bits per heavy atom. The van der Waals surface area contributed by atoms with Gasteiger partial charge in [-0.3, -0.25) is 14.9 Å². The van der Waals surface area contributed by atoms with Gasteiger partial charge < -0.3 is 10.2 Å². The standard InChI is InChI=1S/C11H12FNO5S/c1-6(14)19-5-9(15)11(16)7-3-2-4-8(10(7)12)13(17)18/h2-4,9,11,15-16H,5H2,1H3. The molecule has 104 valence electrons. The van der Waals surface area contributed by atoms with Crippen LogP contribution >= 0.6 is 11.8 Å². The summed E-state index contributed by atoms with van der Waals surface area (Å²) in [5.41, 5.74) is -1.14. The molecular formula is C11H12FNO5S. The average molecular weight is 289 g/mol. The second-order valence-corrected chi connectivity index (χ2v) is 4.95. The van der Waals surface area contributed by atoms with Crippen molar-refractivity contribution in [2.75, 3.05) is 5.75 Å². The molecule has 0 fully saturated rings. The highest BCUT2D eigenvalue weighted by Crippen LogP contribution is 2.27. The molecule has 0 aliphatic carbocycles. The van der Waals surface area contributed by atoms with Crippen LogP contribution in [0, 0.1) is 15.9 Å². The Hall–Kier alpha value is -1.51. The first-order valence-corrected chi connectivity index (χ1v) is 6.25. The van der Waals surface area contributed by atoms with E-state index < -0.39 is 28.6 Å². The molecule has 0 saturated heterocycles. The van der Waals surface area contributed by atoms with Crippen LogP contribution in [0.3, 0.4) is 0 Å². The summed E-state index contributed by atoms with van der Waals surface area (Å²) in [5.74, 6) is -1.31. The van der Waals surface area contributed by atoms with E-state index in [2.05, 4.69) is 0 Å². The van der Waals surface area contributed by atoms with Crippen LogP contribution in [0.15, 0.2) is 18.2 Å². The molecule has 1 rings (SSSR count). The zero-order valence-electron chi connectivity index (χ0n) is 9.95. The van der Waals surface area contributed by atoms with Crippen molar-refractivity contribution in [2.24, 2.45) is 0 Å². The predicted octanol–water partition coefficient (Wildman–Crippen LogP) is 1.41. The van der Waals surface area contributed by atoms with Gasteiger partial charge in [0.25, 0.3) is 0 Å². The van der Waals surface area contributed by atoms with Crippen LogP contribution in [0.4, 0.5) is 10.1 Å². The number of thioether (sulfide) groups is 1. The lowest BCUT2D eigenvalue weighted by Crippen LogP contribution is -2.22. The Balaban J connectivity index is 2.93. The molecule has 0 saturated carbocycles. The maximum atomic E-state index is 13.7. The van der Waals surface area contributed by atoms with E-state index in [0.29, 0.717) is 0 Å². The van der Waals surface area contributed by atoms with E-state index in [1.165, 1.54) is 13.0 Å². The van der Waals surface area contributed by atoms with Crippen molar-refractivity contribution in [1.29, 1.82) is 0 Å². The summed E-state index contributed by atoms with van der Waals surface area (Å²) < 4.78 is 13.7. The van der Waals surface area contributed by atoms with E-state index in [1.54, 1.807) is 0 Å². The van der Waals surface area contributed by atoms with Crippen LogP contribution in [0.2, 0.25) is 0 Å². The van der Waals surface area contributed by atoms with Gasteiger partial charge in [-0.1, -0.05) is 23.9 Å². The number of nitro groups is 1. The molecule has 19 heavy (non-hydrogen) atoms. The van der Waals surface area contributed by atoms with Gasteiger partial charge in [0.05, 0.1) is 11.0 Å². The van der Waals surface area contributed by atoms with Crippen LogP contribution in [0.5, 0.6) is 0 Å². The van der Waals surface area contributed by atoms with E-state index in [1.807, 2.05) is 0 Å². The lowest BCUT2D eigenvalue weighted by molar-refractivity contribution is -0.387. The van der Waals surface area contributed by atoms with Gasteiger partial charge in [0.2, 0.25) is 5.82 Å². The van der Waals surface area contributed by atoms with Gasteiger partial charge >= 0.3 is 5.69 Å². The van der Waals surface area contributed by atoms with E-state index in [-0.39, 0.29) is 16.4 Å². The topological polar surface area (TPSA) is 101 Å².